The van der Waals surface area contributed by atoms with Crippen LogP contribution in [-0.4, -0.2) is 10.8 Å². The van der Waals surface area contributed by atoms with E-state index in [9.17, 15) is 9.18 Å². The fourth-order valence-corrected chi connectivity index (χ4v) is 2.46. The number of carbonyl (C=O) groups is 1. The second kappa shape index (κ2) is 4.76. The fraction of sp³-hybridized carbons (Fsp3) is 0.0625. The number of aromatic nitrogens is 1. The summed E-state index contributed by atoms with van der Waals surface area (Å²) in [7, 11) is 0. The second-order valence-corrected chi connectivity index (χ2v) is 5.04. The van der Waals surface area contributed by atoms with E-state index in [4.69, 9.17) is 11.6 Å². The van der Waals surface area contributed by atoms with Crippen LogP contribution in [-0.2, 0) is 0 Å². The monoisotopic (exact) mass is 287 g/mol. The number of aromatic amines is 1. The minimum Gasteiger partial charge on any atom is -0.360 e. The summed E-state index contributed by atoms with van der Waals surface area (Å²) < 4.78 is 13.2. The van der Waals surface area contributed by atoms with Gasteiger partial charge in [-0.1, -0.05) is 23.7 Å². The molecule has 0 saturated carbocycles. The highest BCUT2D eigenvalue weighted by molar-refractivity contribution is 6.32. The average Bonchev–Trinajstić information content (AvgIpc) is 2.84. The SMILES string of the molecule is Cc1c(Cl)cccc1C(=O)c1c[nH]c2cc(F)ccc12. The minimum absolute atomic E-state index is 0.122. The van der Waals surface area contributed by atoms with Crippen LogP contribution in [0.25, 0.3) is 10.9 Å². The van der Waals surface area contributed by atoms with Gasteiger partial charge in [-0.2, -0.15) is 0 Å². The number of H-pyrrole nitrogens is 1. The van der Waals surface area contributed by atoms with Gasteiger partial charge in [-0.15, -0.1) is 0 Å². The maximum Gasteiger partial charge on any atom is 0.195 e. The molecular formula is C16H11ClFNO. The number of ketones is 1. The Labute approximate surface area is 120 Å². The van der Waals surface area contributed by atoms with Gasteiger partial charge in [0, 0.05) is 33.2 Å². The highest BCUT2D eigenvalue weighted by atomic mass is 35.5. The minimum atomic E-state index is -0.336. The van der Waals surface area contributed by atoms with E-state index in [2.05, 4.69) is 4.98 Å². The molecule has 0 bridgehead atoms. The van der Waals surface area contributed by atoms with E-state index in [0.717, 1.165) is 5.56 Å². The Morgan fingerprint density at radius 2 is 2.00 bits per heavy atom. The molecule has 0 aliphatic heterocycles. The molecule has 2 nitrogen and oxygen atoms in total. The quantitative estimate of drug-likeness (QED) is 0.692. The number of halogens is 2. The average molecular weight is 288 g/mol. The van der Waals surface area contributed by atoms with Crippen LogP contribution in [0.1, 0.15) is 21.5 Å². The molecule has 0 radical (unpaired) electrons. The van der Waals surface area contributed by atoms with Crippen LogP contribution in [0.4, 0.5) is 4.39 Å². The lowest BCUT2D eigenvalue weighted by Crippen LogP contribution is -2.03. The second-order valence-electron chi connectivity index (χ2n) is 4.63. The summed E-state index contributed by atoms with van der Waals surface area (Å²) in [4.78, 5) is 15.5. The van der Waals surface area contributed by atoms with Crippen LogP contribution in [0.3, 0.4) is 0 Å². The lowest BCUT2D eigenvalue weighted by molar-refractivity contribution is 0.103. The first-order chi connectivity index (χ1) is 9.58. The summed E-state index contributed by atoms with van der Waals surface area (Å²) in [6.07, 6.45) is 1.60. The van der Waals surface area contributed by atoms with Crippen LogP contribution in [0.5, 0.6) is 0 Å². The Bertz CT molecular complexity index is 822. The van der Waals surface area contributed by atoms with Gasteiger partial charge < -0.3 is 4.98 Å². The molecule has 0 unspecified atom stereocenters. The molecule has 4 heteroatoms. The van der Waals surface area contributed by atoms with Crippen LogP contribution in [0.15, 0.2) is 42.6 Å². The normalized spacial score (nSPS) is 10.9. The maximum absolute atomic E-state index is 13.2. The van der Waals surface area contributed by atoms with Crippen molar-refractivity contribution in [1.29, 1.82) is 0 Å². The number of benzene rings is 2. The number of hydrogen-bond acceptors (Lipinski definition) is 1. The smallest absolute Gasteiger partial charge is 0.195 e. The third-order valence-electron chi connectivity index (χ3n) is 3.40. The third kappa shape index (κ3) is 2.00. The Kier molecular flexibility index (Phi) is 3.07. The molecule has 0 atom stereocenters. The number of carbonyl (C=O) groups excluding carboxylic acids is 1. The Hall–Kier alpha value is -2.13. The van der Waals surface area contributed by atoms with Crippen molar-refractivity contribution in [2.24, 2.45) is 0 Å². The molecule has 3 rings (SSSR count). The van der Waals surface area contributed by atoms with E-state index < -0.39 is 0 Å². The molecule has 1 heterocycles. The van der Waals surface area contributed by atoms with Crippen LogP contribution in [0.2, 0.25) is 5.02 Å². The maximum atomic E-state index is 13.2. The Morgan fingerprint density at radius 3 is 2.80 bits per heavy atom. The Balaban J connectivity index is 2.16. The summed E-state index contributed by atoms with van der Waals surface area (Å²) in [5.74, 6) is -0.458. The summed E-state index contributed by atoms with van der Waals surface area (Å²) in [5.41, 5.74) is 2.43. The van der Waals surface area contributed by atoms with E-state index >= 15 is 0 Å². The van der Waals surface area contributed by atoms with E-state index in [-0.39, 0.29) is 11.6 Å². The lowest BCUT2D eigenvalue weighted by Gasteiger charge is -2.05. The van der Waals surface area contributed by atoms with Crippen LogP contribution < -0.4 is 0 Å². The molecular weight excluding hydrogens is 277 g/mol. The molecule has 20 heavy (non-hydrogen) atoms. The molecule has 0 aliphatic carbocycles. The number of fused-ring (bicyclic) bond motifs is 1. The molecule has 3 aromatic rings. The van der Waals surface area contributed by atoms with Crippen LogP contribution >= 0.6 is 11.6 Å². The summed E-state index contributed by atoms with van der Waals surface area (Å²) in [5, 5.41) is 1.26. The van der Waals surface area contributed by atoms with Crippen molar-refractivity contribution in [3.8, 4) is 0 Å². The highest BCUT2D eigenvalue weighted by Gasteiger charge is 2.17. The van der Waals surface area contributed by atoms with E-state index in [1.165, 1.54) is 12.1 Å². The van der Waals surface area contributed by atoms with Gasteiger partial charge in [0.15, 0.2) is 5.78 Å². The third-order valence-corrected chi connectivity index (χ3v) is 3.81. The van der Waals surface area contributed by atoms with Gasteiger partial charge >= 0.3 is 0 Å². The lowest BCUT2D eigenvalue weighted by atomic mass is 9.99. The van der Waals surface area contributed by atoms with Crippen molar-refractivity contribution in [2.75, 3.05) is 0 Å². The molecule has 1 aromatic heterocycles. The van der Waals surface area contributed by atoms with Gasteiger partial charge in [-0.3, -0.25) is 4.79 Å². The van der Waals surface area contributed by atoms with E-state index in [1.807, 2.05) is 6.92 Å². The topological polar surface area (TPSA) is 32.9 Å². The zero-order chi connectivity index (χ0) is 14.3. The molecule has 1 N–H and O–H groups in total. The fourth-order valence-electron chi connectivity index (χ4n) is 2.28. The predicted octanol–water partition coefficient (Wildman–Crippen LogP) is 4.50. The summed E-state index contributed by atoms with van der Waals surface area (Å²) >= 11 is 6.05. The standard InChI is InChI=1S/C16H11ClFNO/c1-9-11(3-2-4-14(9)17)16(20)13-8-19-15-7-10(18)5-6-12(13)15/h2-8,19H,1H3. The summed E-state index contributed by atoms with van der Waals surface area (Å²) in [6, 6.07) is 9.56. The van der Waals surface area contributed by atoms with Crippen molar-refractivity contribution in [2.45, 2.75) is 6.92 Å². The molecule has 2 aromatic carbocycles. The number of nitrogens with one attached hydrogen (secondary N) is 1. The Morgan fingerprint density at radius 1 is 1.20 bits per heavy atom. The number of rotatable bonds is 2. The van der Waals surface area contributed by atoms with Crippen molar-refractivity contribution in [3.63, 3.8) is 0 Å². The number of hydrogen-bond donors (Lipinski definition) is 1. The van der Waals surface area contributed by atoms with Crippen molar-refractivity contribution in [1.82, 2.24) is 4.98 Å². The van der Waals surface area contributed by atoms with Gasteiger partial charge in [-0.05, 0) is 36.8 Å². The van der Waals surface area contributed by atoms with Gasteiger partial charge in [-0.25, -0.2) is 4.39 Å². The molecule has 0 aliphatic rings. The molecule has 0 fully saturated rings. The zero-order valence-corrected chi connectivity index (χ0v) is 11.5. The molecule has 0 spiro atoms. The van der Waals surface area contributed by atoms with E-state index in [0.29, 0.717) is 27.1 Å². The van der Waals surface area contributed by atoms with Crippen molar-refractivity contribution >= 4 is 28.3 Å². The predicted molar refractivity (Wildman–Crippen MR) is 77.9 cm³/mol. The first kappa shape index (κ1) is 12.9. The largest absolute Gasteiger partial charge is 0.360 e. The van der Waals surface area contributed by atoms with Crippen molar-refractivity contribution in [3.05, 3.63) is 70.1 Å². The van der Waals surface area contributed by atoms with Gasteiger partial charge in [0.1, 0.15) is 5.82 Å². The van der Waals surface area contributed by atoms with Crippen LogP contribution in [0, 0.1) is 12.7 Å². The van der Waals surface area contributed by atoms with Gasteiger partial charge in [0.05, 0.1) is 0 Å². The summed E-state index contributed by atoms with van der Waals surface area (Å²) in [6.45, 7) is 1.81. The molecule has 0 saturated heterocycles. The molecule has 100 valence electrons. The first-order valence-electron chi connectivity index (χ1n) is 6.14. The molecule has 0 amide bonds. The first-order valence-corrected chi connectivity index (χ1v) is 6.52. The zero-order valence-electron chi connectivity index (χ0n) is 10.7. The highest BCUT2D eigenvalue weighted by Crippen LogP contribution is 2.25. The van der Waals surface area contributed by atoms with E-state index in [1.54, 1.807) is 30.5 Å². The van der Waals surface area contributed by atoms with Gasteiger partial charge in [0.25, 0.3) is 0 Å². The van der Waals surface area contributed by atoms with Gasteiger partial charge in [0.2, 0.25) is 0 Å². The van der Waals surface area contributed by atoms with Crippen molar-refractivity contribution < 1.29 is 9.18 Å².